The molecule has 0 spiro atoms. The first-order valence-electron chi connectivity index (χ1n) is 4.08. The quantitative estimate of drug-likeness (QED) is 0.724. The smallest absolute Gasteiger partial charge is 0.0574 e. The zero-order valence-electron chi connectivity index (χ0n) is 7.49. The molecule has 1 heterocycles. The second-order valence-corrected chi connectivity index (χ2v) is 3.11. The summed E-state index contributed by atoms with van der Waals surface area (Å²) in [4.78, 5) is 3.91. The van der Waals surface area contributed by atoms with Gasteiger partial charge in [0, 0.05) is 11.8 Å². The second-order valence-electron chi connectivity index (χ2n) is 3.11. The van der Waals surface area contributed by atoms with E-state index in [2.05, 4.69) is 24.9 Å². The van der Waals surface area contributed by atoms with Crippen molar-refractivity contribution in [1.82, 2.24) is 4.98 Å². The Balaban J connectivity index is 2.82. The highest BCUT2D eigenvalue weighted by Gasteiger charge is 1.92. The van der Waals surface area contributed by atoms with Crippen LogP contribution in [0.15, 0.2) is 24.5 Å². The van der Waals surface area contributed by atoms with E-state index in [0.29, 0.717) is 5.92 Å². The van der Waals surface area contributed by atoms with Crippen LogP contribution < -0.4 is 5.73 Å². The summed E-state index contributed by atoms with van der Waals surface area (Å²) in [6, 6.07) is 1.91. The maximum atomic E-state index is 5.69. The van der Waals surface area contributed by atoms with Gasteiger partial charge in [0.25, 0.3) is 0 Å². The summed E-state index contributed by atoms with van der Waals surface area (Å²) in [5, 5.41) is 0. The summed E-state index contributed by atoms with van der Waals surface area (Å²) >= 11 is 0. The lowest BCUT2D eigenvalue weighted by atomic mass is 10.1. The summed E-state index contributed by atoms with van der Waals surface area (Å²) < 4.78 is 0. The predicted molar refractivity (Wildman–Crippen MR) is 52.5 cm³/mol. The number of rotatable bonds is 2. The second kappa shape index (κ2) is 3.90. The summed E-state index contributed by atoms with van der Waals surface area (Å²) in [7, 11) is 0. The van der Waals surface area contributed by atoms with E-state index in [-0.39, 0.29) is 0 Å². The van der Waals surface area contributed by atoms with Crippen molar-refractivity contribution in [3.05, 3.63) is 30.1 Å². The van der Waals surface area contributed by atoms with Gasteiger partial charge in [-0.1, -0.05) is 26.0 Å². The van der Waals surface area contributed by atoms with Gasteiger partial charge in [-0.05, 0) is 12.0 Å². The average Bonchev–Trinajstić information content (AvgIpc) is 2.03. The minimum atomic E-state index is 0.553. The molecular weight excluding hydrogens is 148 g/mol. The fraction of sp³-hybridized carbons (Fsp3) is 0.300. The van der Waals surface area contributed by atoms with Gasteiger partial charge >= 0.3 is 0 Å². The topological polar surface area (TPSA) is 38.9 Å². The maximum absolute atomic E-state index is 5.69. The molecule has 0 bridgehead atoms. The van der Waals surface area contributed by atoms with Crippen LogP contribution in [-0.4, -0.2) is 4.98 Å². The molecule has 0 saturated heterocycles. The van der Waals surface area contributed by atoms with Crippen LogP contribution in [0.3, 0.4) is 0 Å². The van der Waals surface area contributed by atoms with Crippen LogP contribution in [0, 0.1) is 5.92 Å². The highest BCUT2D eigenvalue weighted by molar-refractivity contribution is 5.62. The molecule has 0 amide bonds. The number of nitrogens with zero attached hydrogens (tertiary/aromatic N) is 1. The number of hydrogen-bond donors (Lipinski definition) is 1. The van der Waals surface area contributed by atoms with Crippen molar-refractivity contribution in [2.24, 2.45) is 5.92 Å². The Labute approximate surface area is 73.1 Å². The van der Waals surface area contributed by atoms with Gasteiger partial charge in [0.05, 0.1) is 11.9 Å². The maximum Gasteiger partial charge on any atom is 0.0574 e. The number of hydrogen-bond acceptors (Lipinski definition) is 2. The molecule has 1 rings (SSSR count). The van der Waals surface area contributed by atoms with Crippen LogP contribution in [0.2, 0.25) is 0 Å². The highest BCUT2D eigenvalue weighted by atomic mass is 14.7. The van der Waals surface area contributed by atoms with Crippen LogP contribution in [0.5, 0.6) is 0 Å². The van der Waals surface area contributed by atoms with Gasteiger partial charge in [-0.3, -0.25) is 4.98 Å². The molecule has 0 aliphatic rings. The molecular formula is C10H14N2. The Morgan fingerprint density at radius 1 is 1.50 bits per heavy atom. The Hall–Kier alpha value is -1.31. The number of anilines is 1. The van der Waals surface area contributed by atoms with E-state index < -0.39 is 0 Å². The highest BCUT2D eigenvalue weighted by Crippen LogP contribution is 2.11. The zero-order chi connectivity index (χ0) is 8.97. The number of nitrogen functional groups attached to an aromatic ring is 1. The lowest BCUT2D eigenvalue weighted by Crippen LogP contribution is -1.89. The number of allylic oxidation sites excluding steroid dienone is 1. The third kappa shape index (κ3) is 2.38. The minimum Gasteiger partial charge on any atom is -0.397 e. The van der Waals surface area contributed by atoms with E-state index in [1.54, 1.807) is 12.4 Å². The monoisotopic (exact) mass is 162 g/mol. The molecule has 0 aliphatic heterocycles. The lowest BCUT2D eigenvalue weighted by Gasteiger charge is -1.98. The molecule has 64 valence electrons. The zero-order valence-corrected chi connectivity index (χ0v) is 7.49. The standard InChI is InChI=1S/C10H14N2/c1-8(2)3-4-9-5-6-12-7-10(9)11/h3-8H,11H2,1-2H3/b4-3-. The van der Waals surface area contributed by atoms with Gasteiger partial charge in [-0.15, -0.1) is 0 Å². The number of pyridine rings is 1. The molecule has 1 aromatic rings. The molecule has 0 unspecified atom stereocenters. The molecule has 2 N–H and O–H groups in total. The van der Waals surface area contributed by atoms with Gasteiger partial charge in [0.2, 0.25) is 0 Å². The molecule has 2 heteroatoms. The van der Waals surface area contributed by atoms with E-state index in [1.165, 1.54) is 0 Å². The summed E-state index contributed by atoms with van der Waals surface area (Å²) in [5.41, 5.74) is 7.46. The van der Waals surface area contributed by atoms with Crippen LogP contribution in [0.1, 0.15) is 19.4 Å². The summed E-state index contributed by atoms with van der Waals surface area (Å²) in [6.45, 7) is 4.27. The predicted octanol–water partition coefficient (Wildman–Crippen LogP) is 2.33. The van der Waals surface area contributed by atoms with E-state index in [4.69, 9.17) is 5.73 Å². The summed E-state index contributed by atoms with van der Waals surface area (Å²) in [6.07, 6.45) is 7.56. The van der Waals surface area contributed by atoms with E-state index in [0.717, 1.165) is 11.3 Å². The Morgan fingerprint density at radius 2 is 2.25 bits per heavy atom. The Morgan fingerprint density at radius 3 is 2.83 bits per heavy atom. The molecule has 1 aromatic heterocycles. The van der Waals surface area contributed by atoms with Crippen molar-refractivity contribution in [3.63, 3.8) is 0 Å². The molecule has 0 atom stereocenters. The molecule has 0 saturated carbocycles. The van der Waals surface area contributed by atoms with Gasteiger partial charge in [0.15, 0.2) is 0 Å². The van der Waals surface area contributed by atoms with E-state index >= 15 is 0 Å². The number of nitrogens with two attached hydrogens (primary N) is 1. The molecule has 12 heavy (non-hydrogen) atoms. The van der Waals surface area contributed by atoms with Crippen LogP contribution in [0.4, 0.5) is 5.69 Å². The number of aromatic nitrogens is 1. The lowest BCUT2D eigenvalue weighted by molar-refractivity contribution is 0.836. The van der Waals surface area contributed by atoms with Crippen molar-refractivity contribution in [2.45, 2.75) is 13.8 Å². The first-order chi connectivity index (χ1) is 5.70. The largest absolute Gasteiger partial charge is 0.397 e. The Kier molecular flexibility index (Phi) is 2.86. The Bertz CT molecular complexity index is 277. The summed E-state index contributed by atoms with van der Waals surface area (Å²) in [5.74, 6) is 0.553. The third-order valence-electron chi connectivity index (χ3n) is 1.55. The first-order valence-corrected chi connectivity index (χ1v) is 4.08. The van der Waals surface area contributed by atoms with Crippen molar-refractivity contribution in [2.75, 3.05) is 5.73 Å². The average molecular weight is 162 g/mol. The van der Waals surface area contributed by atoms with Crippen molar-refractivity contribution in [3.8, 4) is 0 Å². The minimum absolute atomic E-state index is 0.553. The normalized spacial score (nSPS) is 11.2. The SMILES string of the molecule is CC(C)/C=C\c1ccncc1N. The van der Waals surface area contributed by atoms with Crippen LogP contribution in [-0.2, 0) is 0 Å². The van der Waals surface area contributed by atoms with E-state index in [9.17, 15) is 0 Å². The van der Waals surface area contributed by atoms with Gasteiger partial charge in [0.1, 0.15) is 0 Å². The fourth-order valence-electron chi connectivity index (χ4n) is 0.865. The molecule has 2 nitrogen and oxygen atoms in total. The van der Waals surface area contributed by atoms with Gasteiger partial charge in [-0.25, -0.2) is 0 Å². The van der Waals surface area contributed by atoms with Gasteiger partial charge < -0.3 is 5.73 Å². The first kappa shape index (κ1) is 8.78. The van der Waals surface area contributed by atoms with Crippen LogP contribution >= 0.6 is 0 Å². The van der Waals surface area contributed by atoms with E-state index in [1.807, 2.05) is 12.1 Å². The van der Waals surface area contributed by atoms with Crippen molar-refractivity contribution < 1.29 is 0 Å². The molecule has 0 radical (unpaired) electrons. The van der Waals surface area contributed by atoms with Crippen molar-refractivity contribution in [1.29, 1.82) is 0 Å². The third-order valence-corrected chi connectivity index (χ3v) is 1.55. The molecule has 0 aliphatic carbocycles. The molecule has 0 aromatic carbocycles. The van der Waals surface area contributed by atoms with Crippen molar-refractivity contribution >= 4 is 11.8 Å². The fourth-order valence-corrected chi connectivity index (χ4v) is 0.865. The molecule has 0 fully saturated rings. The van der Waals surface area contributed by atoms with Gasteiger partial charge in [-0.2, -0.15) is 0 Å². The van der Waals surface area contributed by atoms with Crippen LogP contribution in [0.25, 0.3) is 6.08 Å².